The average molecular weight is 472 g/mol. The molecule has 0 bridgehead atoms. The number of hydrogen-bond acceptors (Lipinski definition) is 6. The van der Waals surface area contributed by atoms with Crippen molar-refractivity contribution in [3.63, 3.8) is 0 Å². The number of carbonyl (C=O) groups is 1. The number of fused-ring (bicyclic) bond motifs is 1. The van der Waals surface area contributed by atoms with Crippen LogP contribution in [0.25, 0.3) is 10.9 Å². The van der Waals surface area contributed by atoms with Crippen LogP contribution < -0.4 is 10.5 Å². The summed E-state index contributed by atoms with van der Waals surface area (Å²) in [7, 11) is -3.91. The van der Waals surface area contributed by atoms with Gasteiger partial charge in [-0.2, -0.15) is 4.31 Å². The number of halogens is 1. The normalized spacial score (nSPS) is 14.6. The largest absolute Gasteiger partial charge is 0.379 e. The molecule has 1 saturated heterocycles. The van der Waals surface area contributed by atoms with Crippen LogP contribution in [0.3, 0.4) is 0 Å². The number of pyridine rings is 1. The summed E-state index contributed by atoms with van der Waals surface area (Å²) in [6.07, 6.45) is 0. The molecule has 1 aromatic heterocycles. The van der Waals surface area contributed by atoms with Gasteiger partial charge >= 0.3 is 5.91 Å². The molecule has 0 spiro atoms. The summed E-state index contributed by atoms with van der Waals surface area (Å²) in [6.45, 7) is 2.62. The average Bonchev–Trinajstić information content (AvgIpc) is 2.80. The van der Waals surface area contributed by atoms with Crippen LogP contribution >= 0.6 is 0 Å². The summed E-state index contributed by atoms with van der Waals surface area (Å²) in [5.74, 6) is -2.00. The molecule has 0 unspecified atom stereocenters. The molecule has 0 atom stereocenters. The number of amides is 1. The molecule has 3 aromatic rings. The van der Waals surface area contributed by atoms with E-state index in [2.05, 4.69) is 20.1 Å². The highest BCUT2D eigenvalue weighted by Gasteiger charge is 2.28. The van der Waals surface area contributed by atoms with E-state index in [9.17, 15) is 22.4 Å². The summed E-state index contributed by atoms with van der Waals surface area (Å²) < 4.78 is 46.1. The highest BCUT2D eigenvalue weighted by Crippen LogP contribution is 2.22. The molecule has 2 heterocycles. The number of ether oxygens (including phenoxy) is 1. The summed E-state index contributed by atoms with van der Waals surface area (Å²) in [5.41, 5.74) is 0.954. The highest BCUT2D eigenvalue weighted by atomic mass is 32.2. The van der Waals surface area contributed by atoms with Crippen molar-refractivity contribution in [2.45, 2.75) is 11.8 Å². The molecule has 0 radical (unpaired) electrons. The van der Waals surface area contributed by atoms with Crippen molar-refractivity contribution in [2.75, 3.05) is 26.3 Å². The van der Waals surface area contributed by atoms with Crippen LogP contribution in [0.15, 0.2) is 62.4 Å². The maximum atomic E-state index is 14.2. The molecule has 0 saturated carbocycles. The molecular weight excluding hydrogens is 453 g/mol. The Bertz CT molecular complexity index is 1470. The smallest absolute Gasteiger partial charge is 0.363 e. The first kappa shape index (κ1) is 22.6. The summed E-state index contributed by atoms with van der Waals surface area (Å²) in [6, 6.07) is 9.24. The highest BCUT2D eigenvalue weighted by molar-refractivity contribution is 7.89. The van der Waals surface area contributed by atoms with Crippen LogP contribution in [0.1, 0.15) is 15.9 Å². The van der Waals surface area contributed by atoms with Crippen LogP contribution in [0.5, 0.6) is 0 Å². The van der Waals surface area contributed by atoms with Gasteiger partial charge in [0.2, 0.25) is 25.6 Å². The van der Waals surface area contributed by atoms with Gasteiger partial charge in [-0.05, 0) is 48.9 Å². The second-order valence-corrected chi connectivity index (χ2v) is 9.24. The second-order valence-electron chi connectivity index (χ2n) is 7.30. The number of benzene rings is 2. The van der Waals surface area contributed by atoms with Gasteiger partial charge in [0.05, 0.1) is 23.7 Å². The molecule has 1 aliphatic heterocycles. The zero-order valence-electron chi connectivity index (χ0n) is 17.5. The molecule has 1 N–H and O–H groups in total. The fourth-order valence-electron chi connectivity index (χ4n) is 3.41. The van der Waals surface area contributed by atoms with Gasteiger partial charge in [0, 0.05) is 30.1 Å². The third kappa shape index (κ3) is 4.78. The van der Waals surface area contributed by atoms with Crippen LogP contribution in [-0.4, -0.2) is 49.9 Å². The lowest BCUT2D eigenvalue weighted by Crippen LogP contribution is -2.40. The van der Waals surface area contributed by atoms with E-state index in [1.54, 1.807) is 25.1 Å². The van der Waals surface area contributed by atoms with Crippen molar-refractivity contribution in [1.29, 1.82) is 0 Å². The Morgan fingerprint density at radius 3 is 2.67 bits per heavy atom. The predicted octanol–water partition coefficient (Wildman–Crippen LogP) is 2.44. The van der Waals surface area contributed by atoms with E-state index in [-0.39, 0.29) is 36.8 Å². The van der Waals surface area contributed by atoms with Gasteiger partial charge in [-0.25, -0.2) is 12.8 Å². The van der Waals surface area contributed by atoms with E-state index in [0.29, 0.717) is 11.2 Å². The number of rotatable bonds is 4. The van der Waals surface area contributed by atoms with E-state index in [4.69, 9.17) is 4.74 Å². The first-order valence-corrected chi connectivity index (χ1v) is 11.4. The number of nitrogens with zero attached hydrogens (tertiary/aromatic N) is 4. The monoisotopic (exact) mass is 472 g/mol. The Hall–Kier alpha value is -3.57. The van der Waals surface area contributed by atoms with Gasteiger partial charge < -0.3 is 9.72 Å². The third-order valence-electron chi connectivity index (χ3n) is 5.11. The predicted molar refractivity (Wildman–Crippen MR) is 116 cm³/mol. The molecule has 4 rings (SSSR count). The van der Waals surface area contributed by atoms with Crippen LogP contribution in [0.4, 0.5) is 10.1 Å². The Morgan fingerprint density at radius 2 is 1.91 bits per heavy atom. The number of aromatic nitrogens is 1. The Labute approximate surface area is 187 Å². The minimum Gasteiger partial charge on any atom is -0.379 e. The third-order valence-corrected chi connectivity index (χ3v) is 7.00. The molecule has 1 amide bonds. The molecule has 2 aromatic carbocycles. The maximum absolute atomic E-state index is 14.2. The van der Waals surface area contributed by atoms with Crippen molar-refractivity contribution in [3.8, 4) is 0 Å². The SMILES string of the molecule is Cc1cc(=O)[nH]c2ccc(N=[N+]=NC(=O)c3cc(S(=O)(=O)N4CCOCC4)ccc3F)cc12. The number of aromatic amines is 1. The topological polar surface area (TPSA) is 135 Å². The zero-order valence-corrected chi connectivity index (χ0v) is 18.3. The number of morpholine rings is 1. The number of aryl methyl sites for hydroxylation is 1. The molecule has 10 nitrogen and oxygen atoms in total. The van der Waals surface area contributed by atoms with Crippen molar-refractivity contribution in [2.24, 2.45) is 10.2 Å². The zero-order chi connectivity index (χ0) is 23.6. The van der Waals surface area contributed by atoms with Gasteiger partial charge in [-0.15, -0.1) is 0 Å². The van der Waals surface area contributed by atoms with E-state index in [1.165, 1.54) is 10.4 Å². The molecular formula is C21H19FN5O5S+. The number of hydrogen-bond donors (Lipinski definition) is 1. The quantitative estimate of drug-likeness (QED) is 0.460. The molecule has 1 fully saturated rings. The van der Waals surface area contributed by atoms with Crippen molar-refractivity contribution in [3.05, 3.63) is 69.8 Å². The minimum atomic E-state index is -3.91. The Kier molecular flexibility index (Phi) is 6.25. The van der Waals surface area contributed by atoms with Gasteiger partial charge in [-0.3, -0.25) is 9.59 Å². The van der Waals surface area contributed by atoms with Crippen LogP contribution in [0, 0.1) is 12.7 Å². The number of sulfonamides is 1. The molecule has 170 valence electrons. The fourth-order valence-corrected chi connectivity index (χ4v) is 4.84. The van der Waals surface area contributed by atoms with E-state index < -0.39 is 27.3 Å². The van der Waals surface area contributed by atoms with Gasteiger partial charge in [0.15, 0.2) is 10.8 Å². The number of nitrogens with one attached hydrogen (secondary N) is 1. The molecule has 0 aliphatic carbocycles. The molecule has 1 aliphatic rings. The summed E-state index contributed by atoms with van der Waals surface area (Å²) in [4.78, 5) is 29.9. The van der Waals surface area contributed by atoms with E-state index in [1.807, 2.05) is 0 Å². The summed E-state index contributed by atoms with van der Waals surface area (Å²) >= 11 is 0. The van der Waals surface area contributed by atoms with E-state index >= 15 is 0 Å². The lowest BCUT2D eigenvalue weighted by Gasteiger charge is -2.26. The number of carbonyl (C=O) groups excluding carboxylic acids is 1. The van der Waals surface area contributed by atoms with Gasteiger partial charge in [0.25, 0.3) is 0 Å². The van der Waals surface area contributed by atoms with Gasteiger partial charge in [-0.1, -0.05) is 0 Å². The van der Waals surface area contributed by atoms with Gasteiger partial charge in [0.1, 0.15) is 5.82 Å². The second kappa shape index (κ2) is 9.12. The molecule has 33 heavy (non-hydrogen) atoms. The minimum absolute atomic E-state index is 0.167. The Morgan fingerprint density at radius 1 is 1.15 bits per heavy atom. The lowest BCUT2D eigenvalue weighted by molar-refractivity contribution is 0.0730. The maximum Gasteiger partial charge on any atom is 0.363 e. The van der Waals surface area contributed by atoms with Crippen molar-refractivity contribution < 1.29 is 22.3 Å². The lowest BCUT2D eigenvalue weighted by atomic mass is 10.1. The first-order chi connectivity index (χ1) is 15.8. The summed E-state index contributed by atoms with van der Waals surface area (Å²) in [5, 5.41) is 7.98. The van der Waals surface area contributed by atoms with Crippen molar-refractivity contribution >= 4 is 32.5 Å². The van der Waals surface area contributed by atoms with Crippen LogP contribution in [0.2, 0.25) is 0 Å². The standard InChI is InChI=1S/C21H18FN5O5S/c1-13-10-20(28)23-19-5-2-14(11-16(13)19)24-26-25-21(29)17-12-15(3-4-18(17)22)33(30,31)27-6-8-32-9-7-27/h2-5,10-12H,6-9H2,1H3/p+1. The molecule has 12 heteroatoms. The van der Waals surface area contributed by atoms with Crippen LogP contribution in [-0.2, 0) is 14.8 Å². The first-order valence-electron chi connectivity index (χ1n) is 9.93. The van der Waals surface area contributed by atoms with Crippen molar-refractivity contribution in [1.82, 2.24) is 14.2 Å². The Balaban J connectivity index is 1.60. The van der Waals surface area contributed by atoms with E-state index in [0.717, 1.165) is 29.1 Å². The fraction of sp³-hybridized carbons (Fsp3) is 0.238. The number of H-pyrrole nitrogens is 1.